The van der Waals surface area contributed by atoms with Crippen molar-refractivity contribution in [3.8, 4) is 0 Å². The number of aryl methyl sites for hydroxylation is 2. The van der Waals surface area contributed by atoms with Gasteiger partial charge in [0.15, 0.2) is 0 Å². The quantitative estimate of drug-likeness (QED) is 0.721. The molecule has 0 unspecified atom stereocenters. The molecule has 0 saturated carbocycles. The van der Waals surface area contributed by atoms with E-state index in [1.807, 2.05) is 55.6 Å². The van der Waals surface area contributed by atoms with Crippen LogP contribution in [-0.2, 0) is 0 Å². The smallest absolute Gasteiger partial charge is 0.255 e. The van der Waals surface area contributed by atoms with E-state index in [1.54, 1.807) is 0 Å². The van der Waals surface area contributed by atoms with Crippen molar-refractivity contribution in [3.63, 3.8) is 0 Å². The number of nitrogens with one attached hydrogen (secondary N) is 2. The number of benzene rings is 2. The number of aromatic amines is 1. The number of H-pyrrole nitrogens is 1. The van der Waals surface area contributed by atoms with Gasteiger partial charge in [-0.1, -0.05) is 6.07 Å². The Morgan fingerprint density at radius 3 is 2.65 bits per heavy atom. The molecule has 1 aromatic heterocycles. The number of anilines is 1. The highest BCUT2D eigenvalue weighted by atomic mass is 16.1. The summed E-state index contributed by atoms with van der Waals surface area (Å²) in [5, 5.41) is 3.97. The van der Waals surface area contributed by atoms with Gasteiger partial charge < -0.3 is 10.3 Å². The first-order valence-corrected chi connectivity index (χ1v) is 6.59. The molecule has 0 atom stereocenters. The molecule has 2 aromatic carbocycles. The van der Waals surface area contributed by atoms with Crippen molar-refractivity contribution in [2.24, 2.45) is 0 Å². The highest BCUT2D eigenvalue weighted by Crippen LogP contribution is 2.17. The summed E-state index contributed by atoms with van der Waals surface area (Å²) < 4.78 is 0. The van der Waals surface area contributed by atoms with E-state index in [-0.39, 0.29) is 5.91 Å². The first-order chi connectivity index (χ1) is 9.63. The maximum absolute atomic E-state index is 12.3. The predicted octanol–water partition coefficient (Wildman–Crippen LogP) is 4.04. The molecule has 3 heteroatoms. The third-order valence-electron chi connectivity index (χ3n) is 3.58. The molecule has 0 saturated heterocycles. The standard InChI is InChI=1S/C17H16N2O/c1-11-3-5-15(9-12(11)2)19-17(20)14-4-6-16-13(10-14)7-8-18-16/h3-10,18H,1-2H3,(H,19,20). The van der Waals surface area contributed by atoms with Crippen LogP contribution in [0.4, 0.5) is 5.69 Å². The summed E-state index contributed by atoms with van der Waals surface area (Å²) in [6, 6.07) is 13.5. The lowest BCUT2D eigenvalue weighted by molar-refractivity contribution is 0.102. The molecule has 2 N–H and O–H groups in total. The second-order valence-corrected chi connectivity index (χ2v) is 5.03. The van der Waals surface area contributed by atoms with Crippen LogP contribution >= 0.6 is 0 Å². The summed E-state index contributed by atoms with van der Waals surface area (Å²) in [4.78, 5) is 15.4. The lowest BCUT2D eigenvalue weighted by Gasteiger charge is -2.08. The third kappa shape index (κ3) is 2.30. The molecule has 0 aliphatic rings. The minimum absolute atomic E-state index is 0.0867. The SMILES string of the molecule is Cc1ccc(NC(=O)c2ccc3[nH]ccc3c2)cc1C. The van der Waals surface area contributed by atoms with Crippen LogP contribution in [-0.4, -0.2) is 10.9 Å². The molecule has 0 radical (unpaired) electrons. The molecular weight excluding hydrogens is 248 g/mol. The van der Waals surface area contributed by atoms with Crippen LogP contribution in [0.25, 0.3) is 10.9 Å². The van der Waals surface area contributed by atoms with Gasteiger partial charge in [0, 0.05) is 28.4 Å². The van der Waals surface area contributed by atoms with Crippen LogP contribution in [0.1, 0.15) is 21.5 Å². The number of rotatable bonds is 2. The van der Waals surface area contributed by atoms with E-state index in [4.69, 9.17) is 0 Å². The van der Waals surface area contributed by atoms with E-state index in [0.29, 0.717) is 5.56 Å². The molecule has 0 aliphatic carbocycles. The number of hydrogen-bond acceptors (Lipinski definition) is 1. The van der Waals surface area contributed by atoms with Gasteiger partial charge in [-0.05, 0) is 61.4 Å². The Kier molecular flexibility index (Phi) is 3.03. The van der Waals surface area contributed by atoms with Crippen LogP contribution < -0.4 is 5.32 Å². The van der Waals surface area contributed by atoms with E-state index in [0.717, 1.165) is 16.6 Å². The number of hydrogen-bond donors (Lipinski definition) is 2. The fourth-order valence-corrected chi connectivity index (χ4v) is 2.22. The normalized spacial score (nSPS) is 10.7. The molecule has 3 aromatic rings. The van der Waals surface area contributed by atoms with Crippen LogP contribution in [0.5, 0.6) is 0 Å². The zero-order valence-corrected chi connectivity index (χ0v) is 11.5. The van der Waals surface area contributed by atoms with Crippen molar-refractivity contribution in [1.29, 1.82) is 0 Å². The Morgan fingerprint density at radius 1 is 1.00 bits per heavy atom. The van der Waals surface area contributed by atoms with Crippen molar-refractivity contribution in [2.75, 3.05) is 5.32 Å². The highest BCUT2D eigenvalue weighted by molar-refractivity contribution is 6.06. The van der Waals surface area contributed by atoms with Crippen molar-refractivity contribution in [2.45, 2.75) is 13.8 Å². The topological polar surface area (TPSA) is 44.9 Å². The van der Waals surface area contributed by atoms with Crippen molar-refractivity contribution in [1.82, 2.24) is 4.98 Å². The van der Waals surface area contributed by atoms with Crippen molar-refractivity contribution < 1.29 is 4.79 Å². The summed E-state index contributed by atoms with van der Waals surface area (Å²) in [6.07, 6.45) is 1.87. The zero-order valence-electron chi connectivity index (χ0n) is 11.5. The van der Waals surface area contributed by atoms with Gasteiger partial charge in [0.2, 0.25) is 0 Å². The van der Waals surface area contributed by atoms with Gasteiger partial charge in [-0.3, -0.25) is 4.79 Å². The van der Waals surface area contributed by atoms with Crippen LogP contribution in [0.2, 0.25) is 0 Å². The molecule has 0 aliphatic heterocycles. The summed E-state index contributed by atoms with van der Waals surface area (Å²) in [5.74, 6) is -0.0867. The van der Waals surface area contributed by atoms with E-state index < -0.39 is 0 Å². The maximum Gasteiger partial charge on any atom is 0.255 e. The summed E-state index contributed by atoms with van der Waals surface area (Å²) in [7, 11) is 0. The highest BCUT2D eigenvalue weighted by Gasteiger charge is 2.07. The first-order valence-electron chi connectivity index (χ1n) is 6.59. The second-order valence-electron chi connectivity index (χ2n) is 5.03. The van der Waals surface area contributed by atoms with Gasteiger partial charge in [-0.2, -0.15) is 0 Å². The third-order valence-corrected chi connectivity index (χ3v) is 3.58. The van der Waals surface area contributed by atoms with E-state index in [9.17, 15) is 4.79 Å². The first kappa shape index (κ1) is 12.5. The Labute approximate surface area is 117 Å². The molecular formula is C17H16N2O. The molecule has 0 bridgehead atoms. The average Bonchev–Trinajstić information content (AvgIpc) is 2.90. The lowest BCUT2D eigenvalue weighted by Crippen LogP contribution is -2.11. The van der Waals surface area contributed by atoms with Crippen LogP contribution in [0, 0.1) is 13.8 Å². The summed E-state index contributed by atoms with van der Waals surface area (Å²) in [5.41, 5.74) is 4.91. The van der Waals surface area contributed by atoms with Gasteiger partial charge in [0.1, 0.15) is 0 Å². The summed E-state index contributed by atoms with van der Waals surface area (Å²) in [6.45, 7) is 4.09. The predicted molar refractivity (Wildman–Crippen MR) is 82.2 cm³/mol. The number of fused-ring (bicyclic) bond motifs is 1. The van der Waals surface area contributed by atoms with Crippen molar-refractivity contribution in [3.05, 3.63) is 65.4 Å². The van der Waals surface area contributed by atoms with Crippen LogP contribution in [0.15, 0.2) is 48.7 Å². The Balaban J connectivity index is 1.86. The minimum Gasteiger partial charge on any atom is -0.361 e. The molecule has 100 valence electrons. The van der Waals surface area contributed by atoms with Crippen LogP contribution in [0.3, 0.4) is 0 Å². The molecule has 1 amide bonds. The van der Waals surface area contributed by atoms with E-state index in [2.05, 4.69) is 17.2 Å². The largest absolute Gasteiger partial charge is 0.361 e. The van der Waals surface area contributed by atoms with Gasteiger partial charge in [0.25, 0.3) is 5.91 Å². The number of carbonyl (C=O) groups excluding carboxylic acids is 1. The number of amides is 1. The molecule has 3 rings (SSSR count). The fraction of sp³-hybridized carbons (Fsp3) is 0.118. The second kappa shape index (κ2) is 4.85. The number of aromatic nitrogens is 1. The van der Waals surface area contributed by atoms with Gasteiger partial charge in [0.05, 0.1) is 0 Å². The fourth-order valence-electron chi connectivity index (χ4n) is 2.22. The molecule has 0 fully saturated rings. The minimum atomic E-state index is -0.0867. The monoisotopic (exact) mass is 264 g/mol. The Hall–Kier alpha value is -2.55. The average molecular weight is 264 g/mol. The van der Waals surface area contributed by atoms with Gasteiger partial charge >= 0.3 is 0 Å². The lowest BCUT2D eigenvalue weighted by atomic mass is 10.1. The number of carbonyl (C=O) groups is 1. The molecule has 1 heterocycles. The summed E-state index contributed by atoms with van der Waals surface area (Å²) >= 11 is 0. The molecule has 3 nitrogen and oxygen atoms in total. The molecule has 20 heavy (non-hydrogen) atoms. The van der Waals surface area contributed by atoms with E-state index in [1.165, 1.54) is 11.1 Å². The van der Waals surface area contributed by atoms with Gasteiger partial charge in [-0.25, -0.2) is 0 Å². The van der Waals surface area contributed by atoms with Gasteiger partial charge in [-0.15, -0.1) is 0 Å². The zero-order chi connectivity index (χ0) is 14.1. The van der Waals surface area contributed by atoms with E-state index >= 15 is 0 Å². The Bertz CT molecular complexity index is 787. The maximum atomic E-state index is 12.3. The van der Waals surface area contributed by atoms with Crippen molar-refractivity contribution >= 4 is 22.5 Å². The Morgan fingerprint density at radius 2 is 1.85 bits per heavy atom. The molecule has 0 spiro atoms.